The van der Waals surface area contributed by atoms with Gasteiger partial charge in [0.25, 0.3) is 5.91 Å². The number of amides is 1. The van der Waals surface area contributed by atoms with Gasteiger partial charge in [-0.2, -0.15) is 5.26 Å². The molecule has 3 aliphatic rings. The number of hydrogen-bond donors (Lipinski definition) is 0. The van der Waals surface area contributed by atoms with Crippen molar-refractivity contribution in [2.75, 3.05) is 25.3 Å². The van der Waals surface area contributed by atoms with E-state index in [-0.39, 0.29) is 42.7 Å². The standard InChI is InChI=1S/C29H25ClN6O4S/c1-34-26(14-25(37)20-4-2-19(15-31)3-5-20)36(27-23-16-35(17-24(23)27)41(39,40)18-30)28(38)29(34,21-6-10-32-11-7-21)22-8-12-33-13-9-22/h2-14,23-24,27H,16-18H2,1H3/t23-,24+,27?. The first-order valence-corrected chi connectivity index (χ1v) is 15.1. The zero-order valence-electron chi connectivity index (χ0n) is 22.0. The average molecular weight is 589 g/mol. The number of benzene rings is 1. The van der Waals surface area contributed by atoms with E-state index in [0.29, 0.717) is 28.1 Å². The van der Waals surface area contributed by atoms with E-state index in [0.717, 1.165) is 0 Å². The highest BCUT2D eigenvalue weighted by molar-refractivity contribution is 7.90. The molecule has 2 aliphatic heterocycles. The fraction of sp³-hybridized carbons (Fsp3) is 0.276. The number of ketones is 1. The zero-order chi connectivity index (χ0) is 28.9. The Balaban J connectivity index is 1.47. The second kappa shape index (κ2) is 10.1. The molecule has 2 saturated heterocycles. The lowest BCUT2D eigenvalue weighted by Crippen LogP contribution is -2.46. The summed E-state index contributed by atoms with van der Waals surface area (Å²) < 4.78 is 26.2. The highest BCUT2D eigenvalue weighted by Gasteiger charge is 2.67. The van der Waals surface area contributed by atoms with Crippen molar-refractivity contribution in [3.8, 4) is 6.07 Å². The Kier molecular flexibility index (Phi) is 6.65. The average Bonchev–Trinajstić information content (AvgIpc) is 3.36. The second-order valence-electron chi connectivity index (χ2n) is 10.3. The van der Waals surface area contributed by atoms with Gasteiger partial charge in [0.15, 0.2) is 11.3 Å². The van der Waals surface area contributed by atoms with E-state index in [1.165, 1.54) is 10.4 Å². The van der Waals surface area contributed by atoms with Crippen LogP contribution < -0.4 is 0 Å². The normalized spacial score (nSPS) is 24.4. The summed E-state index contributed by atoms with van der Waals surface area (Å²) in [6.45, 7) is 0.512. The van der Waals surface area contributed by atoms with E-state index in [2.05, 4.69) is 9.97 Å². The van der Waals surface area contributed by atoms with Crippen LogP contribution in [0.1, 0.15) is 27.0 Å². The largest absolute Gasteiger partial charge is 0.339 e. The van der Waals surface area contributed by atoms with Crippen molar-refractivity contribution in [1.82, 2.24) is 24.1 Å². The Labute approximate surface area is 242 Å². The lowest BCUT2D eigenvalue weighted by Gasteiger charge is -2.35. The molecule has 10 nitrogen and oxygen atoms in total. The van der Waals surface area contributed by atoms with Gasteiger partial charge in [-0.15, -0.1) is 11.6 Å². The Hall–Kier alpha value is -4.11. The molecular formula is C29H25ClN6O4S. The molecule has 1 saturated carbocycles. The van der Waals surface area contributed by atoms with Crippen molar-refractivity contribution in [2.24, 2.45) is 11.8 Å². The number of alkyl halides is 1. The van der Waals surface area contributed by atoms with Gasteiger partial charge in [0.05, 0.1) is 11.6 Å². The molecule has 0 bridgehead atoms. The number of likely N-dealkylation sites (N-methyl/N-ethyl adjacent to an activating group) is 1. The van der Waals surface area contributed by atoms with Crippen molar-refractivity contribution in [3.05, 3.63) is 107 Å². The molecule has 41 heavy (non-hydrogen) atoms. The van der Waals surface area contributed by atoms with Crippen LogP contribution in [-0.2, 0) is 20.4 Å². The number of halogens is 1. The van der Waals surface area contributed by atoms with E-state index in [4.69, 9.17) is 16.9 Å². The summed E-state index contributed by atoms with van der Waals surface area (Å²) in [6, 6.07) is 15.2. The third kappa shape index (κ3) is 4.22. The molecule has 6 rings (SSSR count). The maximum Gasteiger partial charge on any atom is 0.263 e. The molecule has 0 N–H and O–H groups in total. The molecule has 3 atom stereocenters. The Bertz CT molecular complexity index is 1640. The van der Waals surface area contributed by atoms with E-state index in [1.807, 2.05) is 11.0 Å². The molecule has 0 spiro atoms. The van der Waals surface area contributed by atoms with Crippen molar-refractivity contribution < 1.29 is 18.0 Å². The highest BCUT2D eigenvalue weighted by atomic mass is 35.5. The molecule has 4 heterocycles. The maximum absolute atomic E-state index is 14.8. The van der Waals surface area contributed by atoms with Crippen molar-refractivity contribution in [2.45, 2.75) is 11.6 Å². The summed E-state index contributed by atoms with van der Waals surface area (Å²) in [5, 5.41) is 8.65. The van der Waals surface area contributed by atoms with Crippen molar-refractivity contribution in [1.29, 1.82) is 5.26 Å². The SMILES string of the molecule is CN1C(=CC(=O)c2ccc(C#N)cc2)N(C2[C@H]3CN(S(=O)(=O)CCl)C[C@@H]23)C(=O)C1(c1ccncc1)c1ccncc1. The van der Waals surface area contributed by atoms with Crippen LogP contribution in [0.2, 0.25) is 0 Å². The summed E-state index contributed by atoms with van der Waals surface area (Å²) in [4.78, 5) is 40.1. The molecule has 2 aromatic heterocycles. The molecule has 1 aromatic carbocycles. The molecule has 3 fully saturated rings. The van der Waals surface area contributed by atoms with Crippen LogP contribution in [0.4, 0.5) is 0 Å². The summed E-state index contributed by atoms with van der Waals surface area (Å²) >= 11 is 5.70. The zero-order valence-corrected chi connectivity index (χ0v) is 23.5. The van der Waals surface area contributed by atoms with Gasteiger partial charge < -0.3 is 4.90 Å². The lowest BCUT2D eigenvalue weighted by atomic mass is 9.82. The van der Waals surface area contributed by atoms with Gasteiger partial charge in [0, 0.05) is 74.4 Å². The Morgan fingerprint density at radius 2 is 1.56 bits per heavy atom. The monoisotopic (exact) mass is 588 g/mol. The first kappa shape index (κ1) is 27.1. The number of carbonyl (C=O) groups is 2. The lowest BCUT2D eigenvalue weighted by molar-refractivity contribution is -0.132. The third-order valence-corrected chi connectivity index (χ3v) is 10.5. The third-order valence-electron chi connectivity index (χ3n) is 8.32. The summed E-state index contributed by atoms with van der Waals surface area (Å²) in [5.41, 5.74) is 0.824. The number of piperidine rings is 1. The number of pyridine rings is 2. The molecule has 0 radical (unpaired) electrons. The number of sulfonamides is 1. The number of carbonyl (C=O) groups excluding carboxylic acids is 2. The molecule has 1 unspecified atom stereocenters. The number of allylic oxidation sites excluding steroid dienone is 1. The number of hydrogen-bond acceptors (Lipinski definition) is 8. The van der Waals surface area contributed by atoms with Gasteiger partial charge in [-0.3, -0.25) is 24.5 Å². The first-order valence-electron chi connectivity index (χ1n) is 12.9. The number of nitrogens with zero attached hydrogens (tertiary/aromatic N) is 6. The van der Waals surface area contributed by atoms with Crippen LogP contribution in [0.15, 0.2) is 85.2 Å². The van der Waals surface area contributed by atoms with Crippen LogP contribution >= 0.6 is 11.6 Å². The van der Waals surface area contributed by atoms with Crippen LogP contribution in [0.5, 0.6) is 0 Å². The molecule has 12 heteroatoms. The second-order valence-corrected chi connectivity index (χ2v) is 12.9. The highest BCUT2D eigenvalue weighted by Crippen LogP contribution is 2.56. The van der Waals surface area contributed by atoms with Crippen LogP contribution in [0.25, 0.3) is 0 Å². The quantitative estimate of drug-likeness (QED) is 0.234. The van der Waals surface area contributed by atoms with Crippen LogP contribution in [-0.4, -0.2) is 75.6 Å². The van der Waals surface area contributed by atoms with Gasteiger partial charge in [-0.05, 0) is 59.7 Å². The predicted molar refractivity (Wildman–Crippen MR) is 149 cm³/mol. The number of fused-ring (bicyclic) bond motifs is 1. The van der Waals surface area contributed by atoms with Gasteiger partial charge >= 0.3 is 0 Å². The smallest absolute Gasteiger partial charge is 0.263 e. The molecule has 208 valence electrons. The molecule has 1 amide bonds. The van der Waals surface area contributed by atoms with Gasteiger partial charge in [-0.1, -0.05) is 0 Å². The predicted octanol–water partition coefficient (Wildman–Crippen LogP) is 2.55. The van der Waals surface area contributed by atoms with Crippen LogP contribution in [0.3, 0.4) is 0 Å². The number of nitriles is 1. The molecular weight excluding hydrogens is 564 g/mol. The first-order chi connectivity index (χ1) is 19.7. The van der Waals surface area contributed by atoms with Crippen LogP contribution in [0, 0.1) is 23.2 Å². The van der Waals surface area contributed by atoms with Gasteiger partial charge in [0.1, 0.15) is 11.0 Å². The number of aromatic nitrogens is 2. The number of rotatable bonds is 7. The summed E-state index contributed by atoms with van der Waals surface area (Å²) in [7, 11) is -1.80. The molecule has 1 aliphatic carbocycles. The van der Waals surface area contributed by atoms with E-state index in [9.17, 15) is 18.0 Å². The minimum absolute atomic E-state index is 0.0931. The minimum Gasteiger partial charge on any atom is -0.339 e. The van der Waals surface area contributed by atoms with E-state index in [1.54, 1.807) is 85.3 Å². The van der Waals surface area contributed by atoms with E-state index < -0.39 is 20.8 Å². The maximum atomic E-state index is 14.8. The molecule has 3 aromatic rings. The van der Waals surface area contributed by atoms with Gasteiger partial charge in [0.2, 0.25) is 10.0 Å². The Morgan fingerprint density at radius 3 is 2.05 bits per heavy atom. The van der Waals surface area contributed by atoms with Gasteiger partial charge in [-0.25, -0.2) is 12.7 Å². The topological polar surface area (TPSA) is 128 Å². The van der Waals surface area contributed by atoms with Crippen molar-refractivity contribution in [3.63, 3.8) is 0 Å². The van der Waals surface area contributed by atoms with Crippen molar-refractivity contribution >= 4 is 33.3 Å². The summed E-state index contributed by atoms with van der Waals surface area (Å²) in [5.74, 6) is -0.355. The Morgan fingerprint density at radius 1 is 1.02 bits per heavy atom. The summed E-state index contributed by atoms with van der Waals surface area (Å²) in [6.07, 6.45) is 7.93. The fourth-order valence-electron chi connectivity index (χ4n) is 6.24. The van der Waals surface area contributed by atoms with E-state index >= 15 is 0 Å². The minimum atomic E-state index is -3.58. The fourth-order valence-corrected chi connectivity index (χ4v) is 7.59.